The number of nitrogens with one attached hydrogen (secondary N) is 1. The summed E-state index contributed by atoms with van der Waals surface area (Å²) in [5, 5.41) is 1.71. The SMILES string of the molecule is O=S(=O)(N[C@@H]1CCOC[C@H]1Oc1cccc(F)c1)c1cccs1. The highest BCUT2D eigenvalue weighted by Gasteiger charge is 2.32. The summed E-state index contributed by atoms with van der Waals surface area (Å²) < 4.78 is 52.0. The van der Waals surface area contributed by atoms with Crippen LogP contribution in [0.25, 0.3) is 0 Å². The van der Waals surface area contributed by atoms with Crippen LogP contribution in [0.3, 0.4) is 0 Å². The van der Waals surface area contributed by atoms with E-state index >= 15 is 0 Å². The number of ether oxygens (including phenoxy) is 2. The molecule has 0 saturated carbocycles. The van der Waals surface area contributed by atoms with Gasteiger partial charge in [0.15, 0.2) is 0 Å². The monoisotopic (exact) mass is 357 g/mol. The van der Waals surface area contributed by atoms with E-state index < -0.39 is 28.0 Å². The Morgan fingerprint density at radius 2 is 2.17 bits per heavy atom. The number of benzene rings is 1. The van der Waals surface area contributed by atoms with Crippen LogP contribution in [0.1, 0.15) is 6.42 Å². The Bertz CT molecular complexity index is 749. The van der Waals surface area contributed by atoms with E-state index in [0.29, 0.717) is 18.8 Å². The molecule has 1 aromatic carbocycles. The number of hydrogen-bond acceptors (Lipinski definition) is 5. The first-order valence-electron chi connectivity index (χ1n) is 7.10. The Labute approximate surface area is 138 Å². The maximum Gasteiger partial charge on any atom is 0.250 e. The van der Waals surface area contributed by atoms with Crippen molar-refractivity contribution in [3.63, 3.8) is 0 Å². The summed E-state index contributed by atoms with van der Waals surface area (Å²) in [7, 11) is -3.59. The Morgan fingerprint density at radius 1 is 1.30 bits per heavy atom. The third-order valence-corrected chi connectivity index (χ3v) is 6.34. The molecule has 5 nitrogen and oxygen atoms in total. The molecule has 23 heavy (non-hydrogen) atoms. The van der Waals surface area contributed by atoms with Crippen LogP contribution >= 0.6 is 11.3 Å². The maximum absolute atomic E-state index is 13.3. The standard InChI is InChI=1S/C15H16FNO4S2/c16-11-3-1-4-12(9-11)21-14-10-20-7-6-13(14)17-23(18,19)15-5-2-8-22-15/h1-5,8-9,13-14,17H,6-7,10H2/t13-,14-/m1/s1. The van der Waals surface area contributed by atoms with Crippen LogP contribution in [0, 0.1) is 5.82 Å². The molecule has 3 rings (SSSR count). The molecule has 0 amide bonds. The number of sulfonamides is 1. The van der Waals surface area contributed by atoms with E-state index in [9.17, 15) is 12.8 Å². The molecular formula is C15H16FNO4S2. The molecule has 0 spiro atoms. The molecule has 0 unspecified atom stereocenters. The molecule has 0 bridgehead atoms. The zero-order valence-corrected chi connectivity index (χ0v) is 13.8. The van der Waals surface area contributed by atoms with Crippen molar-refractivity contribution in [2.24, 2.45) is 0 Å². The molecule has 0 radical (unpaired) electrons. The zero-order chi connectivity index (χ0) is 16.3. The maximum atomic E-state index is 13.3. The lowest BCUT2D eigenvalue weighted by molar-refractivity contribution is -0.00936. The topological polar surface area (TPSA) is 64.6 Å². The predicted octanol–water partition coefficient (Wildman–Crippen LogP) is 2.40. The van der Waals surface area contributed by atoms with Crippen molar-refractivity contribution in [3.8, 4) is 5.75 Å². The molecule has 1 aromatic heterocycles. The summed E-state index contributed by atoms with van der Waals surface area (Å²) in [5.74, 6) is -0.0595. The second-order valence-electron chi connectivity index (χ2n) is 5.14. The van der Waals surface area contributed by atoms with Crippen molar-refractivity contribution >= 4 is 21.4 Å². The zero-order valence-electron chi connectivity index (χ0n) is 12.1. The first kappa shape index (κ1) is 16.4. The summed E-state index contributed by atoms with van der Waals surface area (Å²) in [5.41, 5.74) is 0. The number of hydrogen-bond donors (Lipinski definition) is 1. The first-order valence-corrected chi connectivity index (χ1v) is 9.47. The van der Waals surface area contributed by atoms with Gasteiger partial charge in [0, 0.05) is 12.7 Å². The normalized spacial score (nSPS) is 22.0. The van der Waals surface area contributed by atoms with Crippen molar-refractivity contribution in [1.29, 1.82) is 0 Å². The molecule has 1 aliphatic rings. The Morgan fingerprint density at radius 3 is 2.91 bits per heavy atom. The highest BCUT2D eigenvalue weighted by molar-refractivity contribution is 7.91. The van der Waals surface area contributed by atoms with Gasteiger partial charge in [-0.3, -0.25) is 0 Å². The predicted molar refractivity (Wildman–Crippen MR) is 84.7 cm³/mol. The van der Waals surface area contributed by atoms with Crippen LogP contribution in [-0.2, 0) is 14.8 Å². The van der Waals surface area contributed by atoms with Gasteiger partial charge in [0.2, 0.25) is 10.0 Å². The molecule has 2 atom stereocenters. The van der Waals surface area contributed by atoms with Crippen LogP contribution < -0.4 is 9.46 Å². The third-order valence-electron chi connectivity index (χ3n) is 3.45. The van der Waals surface area contributed by atoms with Crippen LogP contribution in [0.15, 0.2) is 46.0 Å². The van der Waals surface area contributed by atoms with Gasteiger partial charge in [-0.05, 0) is 30.0 Å². The molecule has 1 aliphatic heterocycles. The van der Waals surface area contributed by atoms with E-state index in [1.165, 1.54) is 12.1 Å². The number of halogens is 1. The van der Waals surface area contributed by atoms with E-state index in [0.717, 1.165) is 11.3 Å². The minimum Gasteiger partial charge on any atom is -0.486 e. The fraction of sp³-hybridized carbons (Fsp3) is 0.333. The molecule has 2 heterocycles. The van der Waals surface area contributed by atoms with Gasteiger partial charge in [0.05, 0.1) is 12.6 Å². The molecule has 124 valence electrons. The molecule has 0 aliphatic carbocycles. The van der Waals surface area contributed by atoms with Gasteiger partial charge in [0.25, 0.3) is 0 Å². The number of rotatable bonds is 5. The molecular weight excluding hydrogens is 341 g/mol. The van der Waals surface area contributed by atoms with Gasteiger partial charge >= 0.3 is 0 Å². The minimum atomic E-state index is -3.59. The van der Waals surface area contributed by atoms with Gasteiger partial charge in [0.1, 0.15) is 21.9 Å². The van der Waals surface area contributed by atoms with Crippen molar-refractivity contribution in [1.82, 2.24) is 4.72 Å². The van der Waals surface area contributed by atoms with E-state index in [1.54, 1.807) is 29.6 Å². The average Bonchev–Trinajstić information content (AvgIpc) is 3.04. The Hall–Kier alpha value is -1.48. The van der Waals surface area contributed by atoms with Crippen molar-refractivity contribution in [2.75, 3.05) is 13.2 Å². The molecule has 1 N–H and O–H groups in total. The fourth-order valence-electron chi connectivity index (χ4n) is 2.35. The van der Waals surface area contributed by atoms with Crippen LogP contribution in [-0.4, -0.2) is 33.8 Å². The molecule has 2 aromatic rings. The van der Waals surface area contributed by atoms with E-state index in [-0.39, 0.29) is 10.8 Å². The van der Waals surface area contributed by atoms with E-state index in [1.807, 2.05) is 0 Å². The molecule has 1 fully saturated rings. The highest BCUT2D eigenvalue weighted by Crippen LogP contribution is 2.21. The van der Waals surface area contributed by atoms with Gasteiger partial charge in [-0.2, -0.15) is 0 Å². The van der Waals surface area contributed by atoms with E-state index in [4.69, 9.17) is 9.47 Å². The largest absolute Gasteiger partial charge is 0.486 e. The highest BCUT2D eigenvalue weighted by atomic mass is 32.2. The van der Waals surface area contributed by atoms with Crippen LogP contribution in [0.2, 0.25) is 0 Å². The third kappa shape index (κ3) is 4.08. The summed E-state index contributed by atoms with van der Waals surface area (Å²) in [6.07, 6.45) is -0.0230. The van der Waals surface area contributed by atoms with Gasteiger partial charge in [-0.1, -0.05) is 12.1 Å². The molecule has 1 saturated heterocycles. The molecule has 8 heteroatoms. The second kappa shape index (κ2) is 6.96. The average molecular weight is 357 g/mol. The van der Waals surface area contributed by atoms with Crippen molar-refractivity contribution in [2.45, 2.75) is 22.8 Å². The number of thiophene rings is 1. The lowest BCUT2D eigenvalue weighted by atomic mass is 10.1. The van der Waals surface area contributed by atoms with Crippen LogP contribution in [0.5, 0.6) is 5.75 Å². The van der Waals surface area contributed by atoms with E-state index in [2.05, 4.69) is 4.72 Å². The summed E-state index contributed by atoms with van der Waals surface area (Å²) in [6, 6.07) is 8.56. The lowest BCUT2D eigenvalue weighted by Crippen LogP contribution is -2.51. The summed E-state index contributed by atoms with van der Waals surface area (Å²) >= 11 is 1.15. The second-order valence-corrected chi connectivity index (χ2v) is 8.03. The van der Waals surface area contributed by atoms with Gasteiger partial charge in [-0.15, -0.1) is 11.3 Å². The van der Waals surface area contributed by atoms with Gasteiger partial charge in [-0.25, -0.2) is 17.5 Å². The summed E-state index contributed by atoms with van der Waals surface area (Å²) in [4.78, 5) is 0. The first-order chi connectivity index (χ1) is 11.0. The van der Waals surface area contributed by atoms with Crippen molar-refractivity contribution < 1.29 is 22.3 Å². The minimum absolute atomic E-state index is 0.244. The van der Waals surface area contributed by atoms with Gasteiger partial charge < -0.3 is 9.47 Å². The Kier molecular flexibility index (Phi) is 4.96. The quantitative estimate of drug-likeness (QED) is 0.892. The van der Waals surface area contributed by atoms with Crippen molar-refractivity contribution in [3.05, 3.63) is 47.6 Å². The summed E-state index contributed by atoms with van der Waals surface area (Å²) in [6.45, 7) is 0.689. The smallest absolute Gasteiger partial charge is 0.250 e. The Balaban J connectivity index is 1.74. The lowest BCUT2D eigenvalue weighted by Gasteiger charge is -2.32. The van der Waals surface area contributed by atoms with Crippen LogP contribution in [0.4, 0.5) is 4.39 Å². The fourth-order valence-corrected chi connectivity index (χ4v) is 4.66.